The number of carbonyl (C=O) groups is 1. The van der Waals surface area contributed by atoms with Crippen molar-refractivity contribution in [2.45, 2.75) is 12.3 Å². The minimum absolute atomic E-state index is 0. The number of hydrogen-bond donors (Lipinski definition) is 1. The number of carboxylic acids is 1. The third kappa shape index (κ3) is 2.39. The molecule has 1 saturated carbocycles. The van der Waals surface area contributed by atoms with Gasteiger partial charge in [0.2, 0.25) is 0 Å². The molecular weight excluding hydrogens is 197 g/mol. The van der Waals surface area contributed by atoms with Crippen LogP contribution in [0.2, 0.25) is 0 Å². The Bertz CT molecular complexity index is 395. The second kappa shape index (κ2) is 4.34. The van der Waals surface area contributed by atoms with Crippen LogP contribution in [0.4, 0.5) is 8.78 Å². The molecule has 0 amide bonds. The molecule has 1 aliphatic rings. The molecule has 2 nitrogen and oxygen atoms in total. The van der Waals surface area contributed by atoms with Crippen molar-refractivity contribution in [2.75, 3.05) is 0 Å². The zero-order chi connectivity index (χ0) is 10.3. The van der Waals surface area contributed by atoms with Gasteiger partial charge >= 0.3 is 24.8 Å². The van der Waals surface area contributed by atoms with Crippen LogP contribution in [-0.4, -0.2) is 29.9 Å². The number of aliphatic carboxylic acids is 1. The van der Waals surface area contributed by atoms with E-state index in [-0.39, 0.29) is 24.8 Å². The molecule has 0 heterocycles. The van der Waals surface area contributed by atoms with E-state index in [1.165, 1.54) is 6.07 Å². The van der Waals surface area contributed by atoms with Crippen LogP contribution in [-0.2, 0) is 4.79 Å². The van der Waals surface area contributed by atoms with Gasteiger partial charge in [-0.25, -0.2) is 8.78 Å². The van der Waals surface area contributed by atoms with Crippen molar-refractivity contribution in [2.24, 2.45) is 5.92 Å². The molecule has 0 bridgehead atoms. The van der Waals surface area contributed by atoms with Crippen molar-refractivity contribution in [1.82, 2.24) is 0 Å². The molecular formula is C10H9F2LiO2. The zero-order valence-electron chi connectivity index (χ0n) is 7.21. The average molecular weight is 206 g/mol. The van der Waals surface area contributed by atoms with Crippen LogP contribution in [0.3, 0.4) is 0 Å². The van der Waals surface area contributed by atoms with Crippen LogP contribution >= 0.6 is 0 Å². The molecule has 0 saturated heterocycles. The number of benzene rings is 1. The topological polar surface area (TPSA) is 37.3 Å². The average Bonchev–Trinajstić information content (AvgIpc) is 2.89. The van der Waals surface area contributed by atoms with E-state index in [2.05, 4.69) is 0 Å². The zero-order valence-corrected chi connectivity index (χ0v) is 7.21. The Labute approximate surface area is 97.5 Å². The Morgan fingerprint density at radius 2 is 2.00 bits per heavy atom. The second-order valence-electron chi connectivity index (χ2n) is 3.46. The normalized spacial score (nSPS) is 23.1. The third-order valence-electron chi connectivity index (χ3n) is 2.48. The summed E-state index contributed by atoms with van der Waals surface area (Å²) in [6.07, 6.45) is 0.514. The molecule has 76 valence electrons. The number of rotatable bonds is 2. The summed E-state index contributed by atoms with van der Waals surface area (Å²) >= 11 is 0. The maximum atomic E-state index is 12.8. The van der Waals surface area contributed by atoms with Gasteiger partial charge in [-0.15, -0.1) is 0 Å². The Balaban J connectivity index is 0.00000112. The summed E-state index contributed by atoms with van der Waals surface area (Å²) in [5.41, 5.74) is 0.566. The van der Waals surface area contributed by atoms with E-state index in [4.69, 9.17) is 5.11 Å². The van der Waals surface area contributed by atoms with Crippen LogP contribution in [0.1, 0.15) is 17.9 Å². The van der Waals surface area contributed by atoms with E-state index >= 15 is 0 Å². The van der Waals surface area contributed by atoms with Gasteiger partial charge in [0.05, 0.1) is 5.92 Å². The van der Waals surface area contributed by atoms with Gasteiger partial charge in [0.25, 0.3) is 0 Å². The summed E-state index contributed by atoms with van der Waals surface area (Å²) in [7, 11) is 0. The molecule has 1 aliphatic carbocycles. The quantitative estimate of drug-likeness (QED) is 0.744. The first-order valence-electron chi connectivity index (χ1n) is 4.27. The Kier molecular flexibility index (Phi) is 3.53. The molecule has 5 heteroatoms. The molecule has 2 atom stereocenters. The van der Waals surface area contributed by atoms with E-state index in [1.807, 2.05) is 0 Å². The molecule has 2 unspecified atom stereocenters. The molecule has 0 radical (unpaired) electrons. The van der Waals surface area contributed by atoms with Gasteiger partial charge in [-0.3, -0.25) is 4.79 Å². The van der Waals surface area contributed by atoms with Crippen molar-refractivity contribution in [3.63, 3.8) is 0 Å². The van der Waals surface area contributed by atoms with E-state index in [0.717, 1.165) is 12.1 Å². The van der Waals surface area contributed by atoms with Gasteiger partial charge in [0, 0.05) is 0 Å². The summed E-state index contributed by atoms with van der Waals surface area (Å²) in [6, 6.07) is 3.54. The summed E-state index contributed by atoms with van der Waals surface area (Å²) in [5.74, 6) is -3.28. The van der Waals surface area contributed by atoms with E-state index in [0.29, 0.717) is 12.0 Å². The van der Waals surface area contributed by atoms with Gasteiger partial charge in [-0.05, 0) is 30.0 Å². The molecule has 0 aromatic heterocycles. The van der Waals surface area contributed by atoms with E-state index in [9.17, 15) is 13.6 Å². The molecule has 0 spiro atoms. The molecule has 1 fully saturated rings. The Hall–Kier alpha value is -0.853. The first-order chi connectivity index (χ1) is 6.59. The summed E-state index contributed by atoms with van der Waals surface area (Å²) in [5, 5.41) is 8.64. The maximum absolute atomic E-state index is 12.8. The van der Waals surface area contributed by atoms with E-state index in [1.54, 1.807) is 0 Å². The fourth-order valence-corrected chi connectivity index (χ4v) is 1.58. The standard InChI is InChI=1S/C10H8F2O2.Li.H/c11-8-2-1-5(3-9(8)12)6-4-7(6)10(13)14;;/h1-3,6-7H,4H2,(H,13,14);;. The molecule has 15 heavy (non-hydrogen) atoms. The summed E-state index contributed by atoms with van der Waals surface area (Å²) < 4.78 is 25.3. The molecule has 2 rings (SSSR count). The van der Waals surface area contributed by atoms with Crippen molar-refractivity contribution in [3.8, 4) is 0 Å². The Morgan fingerprint density at radius 1 is 1.33 bits per heavy atom. The van der Waals surface area contributed by atoms with Crippen LogP contribution < -0.4 is 0 Å². The van der Waals surface area contributed by atoms with Gasteiger partial charge in [-0.1, -0.05) is 6.07 Å². The first kappa shape index (κ1) is 12.2. The van der Waals surface area contributed by atoms with E-state index < -0.39 is 23.5 Å². The Morgan fingerprint density at radius 3 is 2.47 bits per heavy atom. The SMILES string of the molecule is O=C(O)C1CC1c1ccc(F)c(F)c1.[LiH]. The van der Waals surface area contributed by atoms with Crippen molar-refractivity contribution < 1.29 is 18.7 Å². The fourth-order valence-electron chi connectivity index (χ4n) is 1.58. The number of carboxylic acid groups (broad SMARTS) is 1. The van der Waals surface area contributed by atoms with Gasteiger partial charge in [0.1, 0.15) is 0 Å². The fraction of sp³-hybridized carbons (Fsp3) is 0.300. The van der Waals surface area contributed by atoms with Crippen molar-refractivity contribution >= 4 is 24.8 Å². The molecule has 1 N–H and O–H groups in total. The van der Waals surface area contributed by atoms with Crippen molar-refractivity contribution in [1.29, 1.82) is 0 Å². The van der Waals surface area contributed by atoms with Crippen LogP contribution in [0.15, 0.2) is 18.2 Å². The number of halogens is 2. The van der Waals surface area contributed by atoms with Crippen LogP contribution in [0.5, 0.6) is 0 Å². The monoisotopic (exact) mass is 206 g/mol. The predicted octanol–water partition coefficient (Wildman–Crippen LogP) is 1.50. The molecule has 1 aromatic rings. The van der Waals surface area contributed by atoms with Gasteiger partial charge < -0.3 is 5.11 Å². The number of hydrogen-bond acceptors (Lipinski definition) is 1. The molecule has 1 aromatic carbocycles. The minimum atomic E-state index is -0.918. The van der Waals surface area contributed by atoms with Crippen LogP contribution in [0.25, 0.3) is 0 Å². The predicted molar refractivity (Wildman–Crippen MR) is 52.0 cm³/mol. The first-order valence-corrected chi connectivity index (χ1v) is 4.27. The van der Waals surface area contributed by atoms with Crippen molar-refractivity contribution in [3.05, 3.63) is 35.4 Å². The van der Waals surface area contributed by atoms with Gasteiger partial charge in [0.15, 0.2) is 11.6 Å². The summed E-state index contributed by atoms with van der Waals surface area (Å²) in [6.45, 7) is 0. The molecule has 0 aliphatic heterocycles. The second-order valence-corrected chi connectivity index (χ2v) is 3.46. The van der Waals surface area contributed by atoms with Crippen LogP contribution in [0, 0.1) is 17.6 Å². The third-order valence-corrected chi connectivity index (χ3v) is 2.48. The van der Waals surface area contributed by atoms with Gasteiger partial charge in [-0.2, -0.15) is 0 Å². The summed E-state index contributed by atoms with van der Waals surface area (Å²) in [4.78, 5) is 10.5.